The summed E-state index contributed by atoms with van der Waals surface area (Å²) in [6, 6.07) is 7.85. The van der Waals surface area contributed by atoms with E-state index in [1.54, 1.807) is 12.1 Å². The number of ether oxygens (including phenoxy) is 1. The van der Waals surface area contributed by atoms with Gasteiger partial charge in [-0.2, -0.15) is 0 Å². The van der Waals surface area contributed by atoms with Crippen molar-refractivity contribution in [2.24, 2.45) is 0 Å². The number of rotatable bonds is 6. The third-order valence-corrected chi connectivity index (χ3v) is 3.06. The Labute approximate surface area is 135 Å². The fourth-order valence-corrected chi connectivity index (χ4v) is 1.95. The van der Waals surface area contributed by atoms with Crippen molar-refractivity contribution in [3.05, 3.63) is 53.3 Å². The van der Waals surface area contributed by atoms with Crippen molar-refractivity contribution < 1.29 is 32.9 Å². The molecule has 5 nitrogen and oxygen atoms in total. The Hall–Kier alpha value is -2.90. The summed E-state index contributed by atoms with van der Waals surface area (Å²) in [5.74, 6) is -3.20. The van der Waals surface area contributed by atoms with E-state index < -0.39 is 41.8 Å². The zero-order valence-electron chi connectivity index (χ0n) is 12.3. The first-order valence-corrected chi connectivity index (χ1v) is 6.87. The highest BCUT2D eigenvalue weighted by atomic mass is 19.3. The van der Waals surface area contributed by atoms with Crippen molar-refractivity contribution in [2.75, 3.05) is 6.61 Å². The van der Waals surface area contributed by atoms with Crippen LogP contribution in [0.1, 0.15) is 15.9 Å². The second kappa shape index (κ2) is 7.58. The summed E-state index contributed by atoms with van der Waals surface area (Å²) in [6.45, 7) is -0.808. The lowest BCUT2D eigenvalue weighted by Crippen LogP contribution is -2.24. The molecule has 2 aromatic rings. The van der Waals surface area contributed by atoms with Crippen LogP contribution >= 0.6 is 0 Å². The predicted molar refractivity (Wildman–Crippen MR) is 78.8 cm³/mol. The number of alkyl halides is 2. The summed E-state index contributed by atoms with van der Waals surface area (Å²) in [5, 5.41) is 21.3. The summed E-state index contributed by atoms with van der Waals surface area (Å²) in [5.41, 5.74) is -0.157. The summed E-state index contributed by atoms with van der Waals surface area (Å²) in [6.07, 6.45) is -2.61. The Morgan fingerprint density at radius 3 is 2.67 bits per heavy atom. The van der Waals surface area contributed by atoms with Crippen LogP contribution in [0.3, 0.4) is 0 Å². The van der Waals surface area contributed by atoms with Crippen molar-refractivity contribution in [1.82, 2.24) is 5.32 Å². The monoisotopic (exact) mass is 341 g/mol. The van der Waals surface area contributed by atoms with Crippen molar-refractivity contribution in [3.63, 3.8) is 0 Å². The fraction of sp³-hybridized carbons (Fsp3) is 0.188. The Morgan fingerprint density at radius 1 is 1.21 bits per heavy atom. The molecule has 8 heteroatoms. The van der Waals surface area contributed by atoms with Gasteiger partial charge >= 0.3 is 0 Å². The van der Waals surface area contributed by atoms with Gasteiger partial charge in [-0.05, 0) is 29.8 Å². The number of phenols is 2. The van der Waals surface area contributed by atoms with Crippen molar-refractivity contribution in [2.45, 2.75) is 13.0 Å². The molecule has 0 saturated carbocycles. The summed E-state index contributed by atoms with van der Waals surface area (Å²) in [4.78, 5) is 12.0. The number of hydrogen-bond donors (Lipinski definition) is 3. The molecule has 0 fully saturated rings. The van der Waals surface area contributed by atoms with Crippen molar-refractivity contribution in [3.8, 4) is 17.2 Å². The highest BCUT2D eigenvalue weighted by molar-refractivity contribution is 5.97. The van der Waals surface area contributed by atoms with Crippen LogP contribution in [0.5, 0.6) is 17.2 Å². The Balaban J connectivity index is 2.05. The molecule has 0 heterocycles. The topological polar surface area (TPSA) is 78.8 Å². The van der Waals surface area contributed by atoms with Crippen LogP contribution in [0.15, 0.2) is 36.4 Å². The van der Waals surface area contributed by atoms with Crippen LogP contribution in [0, 0.1) is 5.82 Å². The second-order valence-electron chi connectivity index (χ2n) is 4.82. The van der Waals surface area contributed by atoms with E-state index in [0.717, 1.165) is 12.1 Å². The molecule has 0 saturated heterocycles. The molecular formula is C16H14F3NO4. The molecule has 24 heavy (non-hydrogen) atoms. The van der Waals surface area contributed by atoms with Gasteiger partial charge in [0, 0.05) is 6.54 Å². The first-order valence-electron chi connectivity index (χ1n) is 6.87. The van der Waals surface area contributed by atoms with Gasteiger partial charge in [0.25, 0.3) is 12.3 Å². The van der Waals surface area contributed by atoms with Gasteiger partial charge in [0.05, 0.1) is 0 Å². The quantitative estimate of drug-likeness (QED) is 0.706. The van der Waals surface area contributed by atoms with Crippen LogP contribution < -0.4 is 10.1 Å². The average Bonchev–Trinajstić information content (AvgIpc) is 2.55. The maximum Gasteiger partial charge on any atom is 0.272 e. The normalized spacial score (nSPS) is 10.7. The summed E-state index contributed by atoms with van der Waals surface area (Å²) in [7, 11) is 0. The van der Waals surface area contributed by atoms with Crippen LogP contribution in [-0.2, 0) is 6.54 Å². The van der Waals surface area contributed by atoms with Crippen LogP contribution in [0.25, 0.3) is 0 Å². The molecule has 1 amide bonds. The zero-order chi connectivity index (χ0) is 17.7. The molecule has 0 aliphatic heterocycles. The zero-order valence-corrected chi connectivity index (χ0v) is 12.3. The molecule has 0 aliphatic carbocycles. The minimum absolute atomic E-state index is 0.0563. The van der Waals surface area contributed by atoms with Crippen LogP contribution in [0.2, 0.25) is 0 Å². The molecule has 0 spiro atoms. The molecule has 0 radical (unpaired) electrons. The molecular weight excluding hydrogens is 327 g/mol. The Morgan fingerprint density at radius 2 is 1.96 bits per heavy atom. The number of aromatic hydroxyl groups is 2. The highest BCUT2D eigenvalue weighted by Crippen LogP contribution is 2.30. The van der Waals surface area contributed by atoms with Crippen molar-refractivity contribution >= 4 is 5.91 Å². The van der Waals surface area contributed by atoms with E-state index >= 15 is 0 Å². The molecule has 0 bridgehead atoms. The third-order valence-electron chi connectivity index (χ3n) is 3.06. The number of amides is 1. The van der Waals surface area contributed by atoms with Crippen molar-refractivity contribution in [1.29, 1.82) is 0 Å². The van der Waals surface area contributed by atoms with Gasteiger partial charge in [-0.1, -0.05) is 12.1 Å². The number of benzene rings is 2. The number of halogens is 3. The summed E-state index contributed by atoms with van der Waals surface area (Å²) < 4.78 is 42.7. The van der Waals surface area contributed by atoms with E-state index in [-0.39, 0.29) is 12.3 Å². The summed E-state index contributed by atoms with van der Waals surface area (Å²) >= 11 is 0. The van der Waals surface area contributed by atoms with Crippen LogP contribution in [-0.4, -0.2) is 29.2 Å². The lowest BCUT2D eigenvalue weighted by Gasteiger charge is -2.10. The predicted octanol–water partition coefficient (Wildman–Crippen LogP) is 2.81. The fourth-order valence-electron chi connectivity index (χ4n) is 1.95. The molecule has 128 valence electrons. The van der Waals surface area contributed by atoms with Gasteiger partial charge in [-0.15, -0.1) is 0 Å². The maximum absolute atomic E-state index is 13.6. The van der Waals surface area contributed by atoms with Gasteiger partial charge in [0.2, 0.25) is 0 Å². The van der Waals surface area contributed by atoms with E-state index in [0.29, 0.717) is 5.56 Å². The minimum Gasteiger partial charge on any atom is -0.504 e. The van der Waals surface area contributed by atoms with Crippen LogP contribution in [0.4, 0.5) is 13.2 Å². The second-order valence-corrected chi connectivity index (χ2v) is 4.82. The number of nitrogens with one attached hydrogen (secondary N) is 1. The standard InChI is InChI=1S/C16H14F3NO4/c17-11-4-5-12(21)15(22)14(11)16(23)20-7-9-2-1-3-10(6-9)24-8-13(18)19/h1-6,13,21-22H,7-8H2,(H,20,23). The van der Waals surface area contributed by atoms with Gasteiger partial charge in [-0.25, -0.2) is 13.2 Å². The van der Waals surface area contributed by atoms with E-state index in [9.17, 15) is 28.2 Å². The molecule has 3 N–H and O–H groups in total. The maximum atomic E-state index is 13.6. The van der Waals surface area contributed by atoms with Gasteiger partial charge in [0.1, 0.15) is 23.7 Å². The number of carbonyl (C=O) groups excluding carboxylic acids is 1. The molecule has 2 aromatic carbocycles. The SMILES string of the molecule is O=C(NCc1cccc(OCC(F)F)c1)c1c(F)ccc(O)c1O. The number of hydrogen-bond acceptors (Lipinski definition) is 4. The molecule has 0 aliphatic rings. The smallest absolute Gasteiger partial charge is 0.272 e. The van der Waals surface area contributed by atoms with E-state index in [4.69, 9.17) is 4.74 Å². The first kappa shape index (κ1) is 17.5. The van der Waals surface area contributed by atoms with Gasteiger partial charge < -0.3 is 20.3 Å². The van der Waals surface area contributed by atoms with E-state index in [2.05, 4.69) is 5.32 Å². The third kappa shape index (κ3) is 4.31. The molecule has 0 atom stereocenters. The highest BCUT2D eigenvalue weighted by Gasteiger charge is 2.19. The number of carbonyl (C=O) groups is 1. The first-order chi connectivity index (χ1) is 11.4. The molecule has 0 aromatic heterocycles. The number of phenolic OH excluding ortho intramolecular Hbond substituents is 2. The van der Waals surface area contributed by atoms with E-state index in [1.807, 2.05) is 0 Å². The van der Waals surface area contributed by atoms with Gasteiger partial charge in [-0.3, -0.25) is 4.79 Å². The largest absolute Gasteiger partial charge is 0.504 e. The lowest BCUT2D eigenvalue weighted by atomic mass is 10.1. The lowest BCUT2D eigenvalue weighted by molar-refractivity contribution is 0.0818. The van der Waals surface area contributed by atoms with Gasteiger partial charge in [0.15, 0.2) is 11.5 Å². The Bertz CT molecular complexity index is 737. The Kier molecular flexibility index (Phi) is 5.51. The molecule has 2 rings (SSSR count). The average molecular weight is 341 g/mol. The minimum atomic E-state index is -2.61. The molecule has 0 unspecified atom stereocenters. The van der Waals surface area contributed by atoms with E-state index in [1.165, 1.54) is 12.1 Å².